The Hall–Kier alpha value is -1.19. The quantitative estimate of drug-likeness (QED) is 0.607. The number of anilines is 1. The lowest BCUT2D eigenvalue weighted by Crippen LogP contribution is -2.31. The zero-order valence-electron chi connectivity index (χ0n) is 9.94. The van der Waals surface area contributed by atoms with Crippen LogP contribution in [0.3, 0.4) is 0 Å². The fourth-order valence-corrected chi connectivity index (χ4v) is 2.82. The highest BCUT2D eigenvalue weighted by atomic mass is 79.9. The highest BCUT2D eigenvalue weighted by molar-refractivity contribution is 9.10. The van der Waals surface area contributed by atoms with Crippen LogP contribution in [0.25, 0.3) is 0 Å². The molecule has 106 valence electrons. The smallest absolute Gasteiger partial charge is 0.321 e. The Morgan fingerprint density at radius 3 is 2.74 bits per heavy atom. The Morgan fingerprint density at radius 2 is 2.16 bits per heavy atom. The Morgan fingerprint density at radius 1 is 1.53 bits per heavy atom. The van der Waals surface area contributed by atoms with E-state index in [0.717, 1.165) is 12.1 Å². The topological polar surface area (TPSA) is 98.5 Å². The average Bonchev–Trinajstić information content (AvgIpc) is 2.31. The molecule has 0 bridgehead atoms. The van der Waals surface area contributed by atoms with Gasteiger partial charge in [-0.1, -0.05) is 0 Å². The molecule has 0 spiro atoms. The van der Waals surface area contributed by atoms with E-state index >= 15 is 0 Å². The molecular formula is C10H12BrFN2O4S. The van der Waals surface area contributed by atoms with E-state index in [0.29, 0.717) is 0 Å². The van der Waals surface area contributed by atoms with Crippen LogP contribution in [0.2, 0.25) is 0 Å². The number of esters is 1. The minimum atomic E-state index is -4.02. The summed E-state index contributed by atoms with van der Waals surface area (Å²) in [6.07, 6.45) is 0. The third-order valence-electron chi connectivity index (χ3n) is 2.05. The Bertz CT molecular complexity index is 591. The number of rotatable bonds is 5. The second-order valence-corrected chi connectivity index (χ2v) is 6.02. The summed E-state index contributed by atoms with van der Waals surface area (Å²) >= 11 is 2.86. The predicted molar refractivity (Wildman–Crippen MR) is 70.3 cm³/mol. The molecule has 0 aliphatic carbocycles. The molecule has 1 rings (SSSR count). The highest BCUT2D eigenvalue weighted by Crippen LogP contribution is 2.25. The van der Waals surface area contributed by atoms with Crippen LogP contribution in [0.1, 0.15) is 6.92 Å². The number of nitrogens with one attached hydrogen (secondary N) is 1. The Kier molecular flexibility index (Phi) is 5.27. The van der Waals surface area contributed by atoms with Crippen LogP contribution >= 0.6 is 15.9 Å². The molecule has 6 nitrogen and oxygen atoms in total. The third-order valence-corrected chi connectivity index (χ3v) is 4.12. The van der Waals surface area contributed by atoms with E-state index in [1.54, 1.807) is 6.92 Å². The number of hydrogen-bond acceptors (Lipinski definition) is 5. The first-order chi connectivity index (χ1) is 8.77. The van der Waals surface area contributed by atoms with Crippen LogP contribution in [0.4, 0.5) is 10.1 Å². The van der Waals surface area contributed by atoms with Crippen molar-refractivity contribution >= 4 is 37.6 Å². The number of halogens is 2. The standard InChI is InChI=1S/C10H12BrFN2O4S/c1-2-18-10(15)5-14-19(16,17)9-3-6(11)7(12)4-8(9)13/h3-4,14H,2,5,13H2,1H3. The largest absolute Gasteiger partial charge is 0.465 e. The van der Waals surface area contributed by atoms with Crippen LogP contribution < -0.4 is 10.5 Å². The maximum atomic E-state index is 13.1. The van der Waals surface area contributed by atoms with Crippen molar-refractivity contribution in [2.75, 3.05) is 18.9 Å². The minimum absolute atomic E-state index is 0.0433. The van der Waals surface area contributed by atoms with Crippen molar-refractivity contribution in [2.45, 2.75) is 11.8 Å². The molecule has 3 N–H and O–H groups in total. The van der Waals surface area contributed by atoms with Crippen LogP contribution in [-0.2, 0) is 19.6 Å². The monoisotopic (exact) mass is 354 g/mol. The van der Waals surface area contributed by atoms with Gasteiger partial charge in [0.1, 0.15) is 17.3 Å². The van der Waals surface area contributed by atoms with Crippen LogP contribution in [0, 0.1) is 5.82 Å². The lowest BCUT2D eigenvalue weighted by atomic mass is 10.3. The van der Waals surface area contributed by atoms with Crippen molar-refractivity contribution in [2.24, 2.45) is 0 Å². The van der Waals surface area contributed by atoms with Gasteiger partial charge in [0.2, 0.25) is 10.0 Å². The van der Waals surface area contributed by atoms with Gasteiger partial charge in [-0.25, -0.2) is 12.8 Å². The van der Waals surface area contributed by atoms with Crippen LogP contribution in [0.5, 0.6) is 0 Å². The number of nitrogen functional groups attached to an aromatic ring is 1. The third kappa shape index (κ3) is 4.15. The first-order valence-corrected chi connectivity index (χ1v) is 7.45. The predicted octanol–water partition coefficient (Wildman–Crippen LogP) is 1.01. The van der Waals surface area contributed by atoms with Gasteiger partial charge >= 0.3 is 5.97 Å². The first kappa shape index (κ1) is 15.9. The molecule has 0 atom stereocenters. The molecule has 0 aliphatic heterocycles. The van der Waals surface area contributed by atoms with Gasteiger partial charge in [0.25, 0.3) is 0 Å². The van der Waals surface area contributed by atoms with Gasteiger partial charge in [-0.05, 0) is 35.0 Å². The summed E-state index contributed by atoms with van der Waals surface area (Å²) in [6, 6.07) is 1.90. The number of carbonyl (C=O) groups excluding carboxylic acids is 1. The van der Waals surface area contributed by atoms with E-state index in [1.807, 2.05) is 4.72 Å². The number of carbonyl (C=O) groups is 1. The molecule has 0 amide bonds. The van der Waals surface area contributed by atoms with Crippen molar-refractivity contribution in [1.82, 2.24) is 4.72 Å². The number of benzene rings is 1. The van der Waals surface area contributed by atoms with Crippen LogP contribution in [0.15, 0.2) is 21.5 Å². The number of ether oxygens (including phenoxy) is 1. The lowest BCUT2D eigenvalue weighted by Gasteiger charge is -2.09. The average molecular weight is 355 g/mol. The normalized spacial score (nSPS) is 11.3. The Labute approximate surface area is 118 Å². The van der Waals surface area contributed by atoms with E-state index in [1.165, 1.54) is 0 Å². The molecule has 0 aromatic heterocycles. The summed E-state index contributed by atoms with van der Waals surface area (Å²) in [5.41, 5.74) is 5.19. The fraction of sp³-hybridized carbons (Fsp3) is 0.300. The summed E-state index contributed by atoms with van der Waals surface area (Å²) in [4.78, 5) is 10.8. The van der Waals surface area contributed by atoms with E-state index in [4.69, 9.17) is 5.73 Å². The molecule has 1 aromatic carbocycles. The lowest BCUT2D eigenvalue weighted by molar-refractivity contribution is -0.141. The zero-order chi connectivity index (χ0) is 14.6. The summed E-state index contributed by atoms with van der Waals surface area (Å²) in [7, 11) is -4.02. The summed E-state index contributed by atoms with van der Waals surface area (Å²) < 4.78 is 43.5. The zero-order valence-corrected chi connectivity index (χ0v) is 12.3. The van der Waals surface area contributed by atoms with Gasteiger partial charge in [-0.3, -0.25) is 4.79 Å². The van der Waals surface area contributed by atoms with Gasteiger partial charge in [0.05, 0.1) is 16.8 Å². The van der Waals surface area contributed by atoms with Crippen molar-refractivity contribution < 1.29 is 22.3 Å². The number of sulfonamides is 1. The van der Waals surface area contributed by atoms with E-state index < -0.39 is 28.4 Å². The second-order valence-electron chi connectivity index (χ2n) is 3.43. The molecule has 1 aromatic rings. The summed E-state index contributed by atoms with van der Waals surface area (Å²) in [5, 5.41) is 0. The maximum absolute atomic E-state index is 13.1. The van der Waals surface area contributed by atoms with Gasteiger partial charge in [0.15, 0.2) is 0 Å². The van der Waals surface area contributed by atoms with Crippen molar-refractivity contribution in [3.8, 4) is 0 Å². The molecule has 0 unspecified atom stereocenters. The SMILES string of the molecule is CCOC(=O)CNS(=O)(=O)c1cc(Br)c(F)cc1N. The highest BCUT2D eigenvalue weighted by Gasteiger charge is 2.20. The van der Waals surface area contributed by atoms with Crippen molar-refractivity contribution in [3.05, 3.63) is 22.4 Å². The van der Waals surface area contributed by atoms with Crippen LogP contribution in [-0.4, -0.2) is 27.5 Å². The maximum Gasteiger partial charge on any atom is 0.321 e. The summed E-state index contributed by atoms with van der Waals surface area (Å²) in [6.45, 7) is 1.22. The van der Waals surface area contributed by atoms with Gasteiger partial charge in [-0.2, -0.15) is 4.72 Å². The van der Waals surface area contributed by atoms with Gasteiger partial charge < -0.3 is 10.5 Å². The molecular weight excluding hydrogens is 343 g/mol. The van der Waals surface area contributed by atoms with Crippen molar-refractivity contribution in [1.29, 1.82) is 0 Å². The number of nitrogens with two attached hydrogens (primary N) is 1. The molecule has 0 saturated carbocycles. The minimum Gasteiger partial charge on any atom is -0.465 e. The molecule has 0 fully saturated rings. The molecule has 0 radical (unpaired) electrons. The van der Waals surface area contributed by atoms with Crippen molar-refractivity contribution in [3.63, 3.8) is 0 Å². The molecule has 9 heteroatoms. The summed E-state index contributed by atoms with van der Waals surface area (Å²) in [5.74, 6) is -1.40. The van der Waals surface area contributed by atoms with Gasteiger partial charge in [-0.15, -0.1) is 0 Å². The van der Waals surface area contributed by atoms with E-state index in [-0.39, 0.29) is 21.7 Å². The van der Waals surface area contributed by atoms with E-state index in [9.17, 15) is 17.6 Å². The van der Waals surface area contributed by atoms with Gasteiger partial charge in [0, 0.05) is 0 Å². The first-order valence-electron chi connectivity index (χ1n) is 5.17. The molecule has 0 heterocycles. The Balaban J connectivity index is 2.95. The molecule has 19 heavy (non-hydrogen) atoms. The number of hydrogen-bond donors (Lipinski definition) is 2. The van der Waals surface area contributed by atoms with E-state index in [2.05, 4.69) is 20.7 Å². The fourth-order valence-electron chi connectivity index (χ4n) is 1.22. The molecule has 0 saturated heterocycles. The molecule has 0 aliphatic rings. The second kappa shape index (κ2) is 6.31.